The average Bonchev–Trinajstić information content (AvgIpc) is 3.32. The van der Waals surface area contributed by atoms with E-state index >= 15 is 0 Å². The van der Waals surface area contributed by atoms with Gasteiger partial charge in [0.15, 0.2) is 9.37 Å². The van der Waals surface area contributed by atoms with Crippen LogP contribution in [0.15, 0.2) is 21.9 Å². The molecule has 1 unspecified atom stereocenters. The standard InChI is InChI=1S/C15H22N6O3S3/c1-3-20-9-12(16-10-20)27(23,24)21-7-5-6-11(8-21)13(22)17-14-18-19-15(26-14)25-4-2/h9-11H,3-8H2,1-2H3,(H,17,18,22). The summed E-state index contributed by atoms with van der Waals surface area (Å²) < 4.78 is 29.5. The van der Waals surface area contributed by atoms with Crippen molar-refractivity contribution < 1.29 is 13.2 Å². The molecular weight excluding hydrogens is 408 g/mol. The van der Waals surface area contributed by atoms with E-state index in [1.807, 2.05) is 13.8 Å². The minimum Gasteiger partial charge on any atom is -0.336 e. The van der Waals surface area contributed by atoms with E-state index < -0.39 is 15.9 Å². The first kappa shape index (κ1) is 20.2. The van der Waals surface area contributed by atoms with Gasteiger partial charge in [0.05, 0.1) is 12.2 Å². The van der Waals surface area contributed by atoms with Gasteiger partial charge in [0.25, 0.3) is 10.0 Å². The predicted molar refractivity (Wildman–Crippen MR) is 104 cm³/mol. The van der Waals surface area contributed by atoms with E-state index in [1.54, 1.807) is 16.3 Å². The van der Waals surface area contributed by atoms with E-state index in [0.29, 0.717) is 31.1 Å². The van der Waals surface area contributed by atoms with Crippen LogP contribution >= 0.6 is 23.1 Å². The Morgan fingerprint density at radius 1 is 1.41 bits per heavy atom. The van der Waals surface area contributed by atoms with Crippen LogP contribution in [0.25, 0.3) is 0 Å². The molecule has 0 aromatic carbocycles. The minimum absolute atomic E-state index is 0.0239. The summed E-state index contributed by atoms with van der Waals surface area (Å²) in [6.45, 7) is 5.11. The lowest BCUT2D eigenvalue weighted by atomic mass is 9.99. The fourth-order valence-electron chi connectivity index (χ4n) is 2.80. The molecule has 0 saturated carbocycles. The number of hydrogen-bond donors (Lipinski definition) is 1. The molecule has 12 heteroatoms. The van der Waals surface area contributed by atoms with Crippen molar-refractivity contribution in [3.05, 3.63) is 12.5 Å². The van der Waals surface area contributed by atoms with Crippen molar-refractivity contribution in [2.24, 2.45) is 5.92 Å². The first-order valence-corrected chi connectivity index (χ1v) is 12.0. The number of hydrogen-bond acceptors (Lipinski definition) is 8. The Bertz CT molecular complexity index is 894. The molecule has 0 spiro atoms. The van der Waals surface area contributed by atoms with Gasteiger partial charge in [-0.25, -0.2) is 13.4 Å². The monoisotopic (exact) mass is 430 g/mol. The molecule has 0 aliphatic carbocycles. The molecule has 1 atom stereocenters. The zero-order chi connectivity index (χ0) is 19.4. The molecule has 9 nitrogen and oxygen atoms in total. The van der Waals surface area contributed by atoms with Crippen LogP contribution in [-0.4, -0.2) is 57.2 Å². The van der Waals surface area contributed by atoms with E-state index in [-0.39, 0.29) is 17.5 Å². The predicted octanol–water partition coefficient (Wildman–Crippen LogP) is 1.91. The number of nitrogens with zero attached hydrogens (tertiary/aromatic N) is 5. The molecule has 3 heterocycles. The Labute approximate surface area is 166 Å². The molecule has 0 radical (unpaired) electrons. The van der Waals surface area contributed by atoms with E-state index in [1.165, 1.54) is 28.2 Å². The van der Waals surface area contributed by atoms with Gasteiger partial charge in [-0.1, -0.05) is 30.0 Å². The summed E-state index contributed by atoms with van der Waals surface area (Å²) in [5.41, 5.74) is 0. The summed E-state index contributed by atoms with van der Waals surface area (Å²) >= 11 is 2.88. The summed E-state index contributed by atoms with van der Waals surface area (Å²) in [6.07, 6.45) is 4.28. The normalized spacial score (nSPS) is 18.5. The summed E-state index contributed by atoms with van der Waals surface area (Å²) in [4.78, 5) is 16.6. The Hall–Kier alpha value is -1.50. The highest BCUT2D eigenvalue weighted by Gasteiger charge is 2.34. The molecule has 2 aromatic heterocycles. The maximum atomic E-state index is 12.8. The van der Waals surface area contributed by atoms with Gasteiger partial charge < -0.3 is 9.88 Å². The van der Waals surface area contributed by atoms with Crippen LogP contribution in [0.1, 0.15) is 26.7 Å². The van der Waals surface area contributed by atoms with Crippen molar-refractivity contribution in [3.63, 3.8) is 0 Å². The molecule has 1 aliphatic heterocycles. The van der Waals surface area contributed by atoms with Crippen LogP contribution in [0.3, 0.4) is 0 Å². The minimum atomic E-state index is -3.70. The number of rotatable bonds is 7. The maximum absolute atomic E-state index is 12.8. The SMILES string of the molecule is CCSc1nnc(NC(=O)C2CCCN(S(=O)(=O)c3cn(CC)cn3)C2)s1. The highest BCUT2D eigenvalue weighted by atomic mass is 32.2. The Balaban J connectivity index is 1.66. The number of anilines is 1. The van der Waals surface area contributed by atoms with Crippen LogP contribution in [-0.2, 0) is 21.4 Å². The molecule has 148 valence electrons. The van der Waals surface area contributed by atoms with E-state index in [9.17, 15) is 13.2 Å². The van der Waals surface area contributed by atoms with Crippen molar-refractivity contribution in [1.82, 2.24) is 24.1 Å². The average molecular weight is 431 g/mol. The fourth-order valence-corrected chi connectivity index (χ4v) is 5.91. The van der Waals surface area contributed by atoms with Gasteiger partial charge in [0, 0.05) is 25.8 Å². The highest BCUT2D eigenvalue weighted by Crippen LogP contribution is 2.27. The van der Waals surface area contributed by atoms with Gasteiger partial charge in [-0.3, -0.25) is 4.79 Å². The summed E-state index contributed by atoms with van der Waals surface area (Å²) in [6, 6.07) is 0. The number of amides is 1. The molecule has 1 saturated heterocycles. The van der Waals surface area contributed by atoms with Gasteiger partial charge in [-0.05, 0) is 25.5 Å². The smallest absolute Gasteiger partial charge is 0.262 e. The van der Waals surface area contributed by atoms with Gasteiger partial charge >= 0.3 is 0 Å². The second-order valence-electron chi connectivity index (χ2n) is 6.04. The molecule has 1 amide bonds. The quantitative estimate of drug-likeness (QED) is 0.528. The topological polar surface area (TPSA) is 110 Å². The third-order valence-electron chi connectivity index (χ3n) is 4.24. The third kappa shape index (κ3) is 4.68. The largest absolute Gasteiger partial charge is 0.336 e. The lowest BCUT2D eigenvalue weighted by Gasteiger charge is -2.30. The van der Waals surface area contributed by atoms with Crippen molar-refractivity contribution in [2.75, 3.05) is 24.2 Å². The van der Waals surface area contributed by atoms with E-state index in [4.69, 9.17) is 0 Å². The van der Waals surface area contributed by atoms with Crippen LogP contribution in [0.4, 0.5) is 5.13 Å². The molecule has 1 N–H and O–H groups in total. The maximum Gasteiger partial charge on any atom is 0.262 e. The summed E-state index contributed by atoms with van der Waals surface area (Å²) in [5, 5.41) is 11.2. The molecular formula is C15H22N6O3S3. The van der Waals surface area contributed by atoms with Gasteiger partial charge in [-0.2, -0.15) is 4.31 Å². The zero-order valence-corrected chi connectivity index (χ0v) is 17.6. The number of nitrogens with one attached hydrogen (secondary N) is 1. The van der Waals surface area contributed by atoms with Crippen molar-refractivity contribution in [2.45, 2.75) is 42.6 Å². The van der Waals surface area contributed by atoms with Gasteiger partial charge in [0.2, 0.25) is 11.0 Å². The van der Waals surface area contributed by atoms with E-state index in [0.717, 1.165) is 10.1 Å². The van der Waals surface area contributed by atoms with Crippen molar-refractivity contribution in [3.8, 4) is 0 Å². The molecule has 2 aromatic rings. The van der Waals surface area contributed by atoms with Crippen molar-refractivity contribution in [1.29, 1.82) is 0 Å². The number of aromatic nitrogens is 4. The van der Waals surface area contributed by atoms with Crippen LogP contribution < -0.4 is 5.32 Å². The first-order valence-electron chi connectivity index (χ1n) is 8.73. The molecule has 0 bridgehead atoms. The Morgan fingerprint density at radius 2 is 2.22 bits per heavy atom. The molecule has 27 heavy (non-hydrogen) atoms. The number of thioether (sulfide) groups is 1. The second kappa shape index (κ2) is 8.67. The Kier molecular flexibility index (Phi) is 6.50. The van der Waals surface area contributed by atoms with Crippen LogP contribution in [0.5, 0.6) is 0 Å². The van der Waals surface area contributed by atoms with Crippen LogP contribution in [0, 0.1) is 5.92 Å². The third-order valence-corrected chi connectivity index (χ3v) is 7.84. The van der Waals surface area contributed by atoms with Gasteiger partial charge in [0.1, 0.15) is 0 Å². The Morgan fingerprint density at radius 3 is 2.93 bits per heavy atom. The number of imidazole rings is 1. The second-order valence-corrected chi connectivity index (χ2v) is 10.4. The lowest BCUT2D eigenvalue weighted by molar-refractivity contribution is -0.120. The lowest BCUT2D eigenvalue weighted by Crippen LogP contribution is -2.43. The number of aryl methyl sites for hydroxylation is 1. The van der Waals surface area contributed by atoms with Crippen molar-refractivity contribution >= 4 is 44.2 Å². The summed E-state index contributed by atoms with van der Waals surface area (Å²) in [5.74, 6) is 0.234. The number of piperidine rings is 1. The highest BCUT2D eigenvalue weighted by molar-refractivity contribution is 8.01. The zero-order valence-electron chi connectivity index (χ0n) is 15.2. The summed E-state index contributed by atoms with van der Waals surface area (Å²) in [7, 11) is -3.70. The molecule has 3 rings (SSSR count). The number of carbonyl (C=O) groups is 1. The van der Waals surface area contributed by atoms with Crippen LogP contribution in [0.2, 0.25) is 0 Å². The molecule has 1 aliphatic rings. The van der Waals surface area contributed by atoms with E-state index in [2.05, 4.69) is 20.5 Å². The molecule has 1 fully saturated rings. The number of sulfonamides is 1. The first-order chi connectivity index (χ1) is 12.9. The van der Waals surface area contributed by atoms with Gasteiger partial charge in [-0.15, -0.1) is 10.2 Å². The fraction of sp³-hybridized carbons (Fsp3) is 0.600. The number of carbonyl (C=O) groups excluding carboxylic acids is 1.